The smallest absolute Gasteiger partial charge is 0.250 e. The zero-order valence-electron chi connectivity index (χ0n) is 9.48. The zero-order valence-corrected chi connectivity index (χ0v) is 10.2. The number of Topliss-reactive ketones (excluding diaryl/α,β-unsaturated/α-hetero) is 1. The number of hydrogen-bond acceptors (Lipinski definition) is 3. The molecule has 0 saturated heterocycles. The molecule has 0 N–H and O–H groups in total. The molecule has 5 heteroatoms. The lowest BCUT2D eigenvalue weighted by Crippen LogP contribution is -2.23. The van der Waals surface area contributed by atoms with Crippen molar-refractivity contribution in [2.24, 2.45) is 0 Å². The predicted octanol–water partition coefficient (Wildman–Crippen LogP) is 2.51. The molecule has 2 rings (SSSR count). The van der Waals surface area contributed by atoms with Gasteiger partial charge in [0.1, 0.15) is 5.38 Å². The average molecular weight is 251 g/mol. The van der Waals surface area contributed by atoms with Crippen molar-refractivity contribution >= 4 is 34.3 Å². The minimum absolute atomic E-state index is 0.128. The molecule has 0 aliphatic heterocycles. The van der Waals surface area contributed by atoms with Crippen LogP contribution < -0.4 is 0 Å². The van der Waals surface area contributed by atoms with Crippen LogP contribution in [0.2, 0.25) is 0 Å². The normalized spacial score (nSPS) is 12.6. The third-order valence-electron chi connectivity index (χ3n) is 2.44. The van der Waals surface area contributed by atoms with E-state index >= 15 is 0 Å². The van der Waals surface area contributed by atoms with Crippen molar-refractivity contribution in [3.8, 4) is 0 Å². The molecule has 1 unspecified atom stereocenters. The maximum Gasteiger partial charge on any atom is 0.250 e. The molecule has 1 aromatic carbocycles. The van der Waals surface area contributed by atoms with Gasteiger partial charge in [-0.2, -0.15) is 0 Å². The number of hydrogen-bond donors (Lipinski definition) is 0. The summed E-state index contributed by atoms with van der Waals surface area (Å²) in [6.07, 6.45) is 0. The monoisotopic (exact) mass is 250 g/mol. The van der Waals surface area contributed by atoms with Gasteiger partial charge in [0.15, 0.2) is 11.6 Å². The van der Waals surface area contributed by atoms with Crippen LogP contribution in [0.15, 0.2) is 24.3 Å². The highest BCUT2D eigenvalue weighted by Crippen LogP contribution is 2.18. The van der Waals surface area contributed by atoms with Gasteiger partial charge in [-0.05, 0) is 19.1 Å². The number of carbonyl (C=O) groups is 2. The Hall–Kier alpha value is -1.68. The summed E-state index contributed by atoms with van der Waals surface area (Å²) in [5.41, 5.74) is 1.22. The van der Waals surface area contributed by atoms with Gasteiger partial charge in [0.2, 0.25) is 0 Å². The fourth-order valence-corrected chi connectivity index (χ4v) is 1.76. The molecule has 0 spiro atoms. The van der Waals surface area contributed by atoms with Crippen LogP contribution in [-0.2, 0) is 0 Å². The molecule has 0 aliphatic carbocycles. The Morgan fingerprint density at radius 1 is 1.35 bits per heavy atom. The molecule has 0 amide bonds. The van der Waals surface area contributed by atoms with Gasteiger partial charge in [-0.3, -0.25) is 14.2 Å². The Balaban J connectivity index is 2.77. The Morgan fingerprint density at radius 3 is 2.59 bits per heavy atom. The molecule has 0 radical (unpaired) electrons. The van der Waals surface area contributed by atoms with Gasteiger partial charge >= 0.3 is 0 Å². The van der Waals surface area contributed by atoms with E-state index in [0.29, 0.717) is 11.0 Å². The van der Waals surface area contributed by atoms with E-state index in [4.69, 9.17) is 11.6 Å². The van der Waals surface area contributed by atoms with E-state index in [1.54, 1.807) is 31.2 Å². The van der Waals surface area contributed by atoms with Crippen molar-refractivity contribution in [3.05, 3.63) is 30.1 Å². The zero-order chi connectivity index (χ0) is 12.6. The second-order valence-corrected chi connectivity index (χ2v) is 4.42. The number of carbonyl (C=O) groups excluding carboxylic acids is 2. The van der Waals surface area contributed by atoms with Crippen LogP contribution in [-0.4, -0.2) is 26.6 Å². The Labute approximate surface area is 103 Å². The van der Waals surface area contributed by atoms with Crippen LogP contribution in [0.1, 0.15) is 29.3 Å². The van der Waals surface area contributed by atoms with Crippen molar-refractivity contribution in [1.82, 2.24) is 9.55 Å². The highest BCUT2D eigenvalue weighted by Gasteiger charge is 2.22. The number of fused-ring (bicyclic) bond motifs is 1. The van der Waals surface area contributed by atoms with Crippen LogP contribution in [0.25, 0.3) is 11.0 Å². The van der Waals surface area contributed by atoms with Gasteiger partial charge in [0.05, 0.1) is 11.0 Å². The number of rotatable bonds is 2. The molecule has 2 aromatic rings. The van der Waals surface area contributed by atoms with Gasteiger partial charge in [-0.1, -0.05) is 12.1 Å². The quantitative estimate of drug-likeness (QED) is 0.608. The molecule has 0 aliphatic rings. The average Bonchev–Trinajstić information content (AvgIpc) is 2.67. The molecule has 17 heavy (non-hydrogen) atoms. The van der Waals surface area contributed by atoms with Crippen molar-refractivity contribution in [2.45, 2.75) is 19.2 Å². The number of aromatic nitrogens is 2. The van der Waals surface area contributed by atoms with Crippen LogP contribution in [0, 0.1) is 0 Å². The SMILES string of the molecule is CC(=O)c1nc2ccccc2n1C(=O)C(C)Cl. The third kappa shape index (κ3) is 1.96. The van der Waals surface area contributed by atoms with Gasteiger partial charge in [-0.25, -0.2) is 4.98 Å². The molecular weight excluding hydrogens is 240 g/mol. The summed E-state index contributed by atoms with van der Waals surface area (Å²) in [6, 6.07) is 7.09. The van der Waals surface area contributed by atoms with Crippen LogP contribution >= 0.6 is 11.6 Å². The minimum Gasteiger partial charge on any atom is -0.291 e. The van der Waals surface area contributed by atoms with E-state index in [1.807, 2.05) is 0 Å². The third-order valence-corrected chi connectivity index (χ3v) is 2.62. The highest BCUT2D eigenvalue weighted by molar-refractivity contribution is 6.31. The summed E-state index contributed by atoms with van der Waals surface area (Å²) in [7, 11) is 0. The van der Waals surface area contributed by atoms with E-state index < -0.39 is 5.38 Å². The predicted molar refractivity (Wildman–Crippen MR) is 65.7 cm³/mol. The number of nitrogens with zero attached hydrogens (tertiary/aromatic N) is 2. The molecule has 88 valence electrons. The van der Waals surface area contributed by atoms with Crippen molar-refractivity contribution < 1.29 is 9.59 Å². The molecule has 0 fully saturated rings. The van der Waals surface area contributed by atoms with Crippen molar-refractivity contribution in [3.63, 3.8) is 0 Å². The number of benzene rings is 1. The summed E-state index contributed by atoms with van der Waals surface area (Å²) < 4.78 is 1.29. The molecule has 4 nitrogen and oxygen atoms in total. The van der Waals surface area contributed by atoms with Crippen LogP contribution in [0.3, 0.4) is 0 Å². The lowest BCUT2D eigenvalue weighted by Gasteiger charge is -2.06. The van der Waals surface area contributed by atoms with E-state index in [1.165, 1.54) is 11.5 Å². The van der Waals surface area contributed by atoms with Gasteiger partial charge in [0, 0.05) is 6.92 Å². The molecule has 1 atom stereocenters. The molecule has 1 heterocycles. The van der Waals surface area contributed by atoms with Gasteiger partial charge < -0.3 is 0 Å². The lowest BCUT2D eigenvalue weighted by atomic mass is 10.3. The van der Waals surface area contributed by atoms with E-state index in [-0.39, 0.29) is 17.5 Å². The molecule has 1 aromatic heterocycles. The maximum atomic E-state index is 12.0. The van der Waals surface area contributed by atoms with Crippen LogP contribution in [0.5, 0.6) is 0 Å². The minimum atomic E-state index is -0.703. The first kappa shape index (κ1) is 11.8. The summed E-state index contributed by atoms with van der Waals surface area (Å²) in [5.74, 6) is -0.471. The second-order valence-electron chi connectivity index (χ2n) is 3.77. The molecular formula is C12H11ClN2O2. The summed E-state index contributed by atoms with van der Waals surface area (Å²) in [6.45, 7) is 2.95. The largest absolute Gasteiger partial charge is 0.291 e. The molecule has 0 saturated carbocycles. The Kier molecular flexibility index (Phi) is 2.98. The number of alkyl halides is 1. The van der Waals surface area contributed by atoms with Crippen molar-refractivity contribution in [2.75, 3.05) is 0 Å². The summed E-state index contributed by atoms with van der Waals surface area (Å²) in [5, 5.41) is -0.703. The highest BCUT2D eigenvalue weighted by atomic mass is 35.5. The standard InChI is InChI=1S/C12H11ClN2O2/c1-7(13)12(17)15-10-6-4-3-5-9(10)14-11(15)8(2)16/h3-7H,1-2H3. The number of imidazole rings is 1. The second kappa shape index (κ2) is 4.30. The first-order chi connectivity index (χ1) is 8.02. The fraction of sp³-hybridized carbons (Fsp3) is 0.250. The number of ketones is 1. The van der Waals surface area contributed by atoms with E-state index in [2.05, 4.69) is 4.98 Å². The maximum absolute atomic E-state index is 12.0. The van der Waals surface area contributed by atoms with E-state index in [9.17, 15) is 9.59 Å². The first-order valence-electron chi connectivity index (χ1n) is 5.19. The fourth-order valence-electron chi connectivity index (χ4n) is 1.66. The first-order valence-corrected chi connectivity index (χ1v) is 5.62. The van der Waals surface area contributed by atoms with Crippen LogP contribution in [0.4, 0.5) is 0 Å². The summed E-state index contributed by atoms with van der Waals surface area (Å²) in [4.78, 5) is 27.6. The lowest BCUT2D eigenvalue weighted by molar-refractivity contribution is 0.0892. The van der Waals surface area contributed by atoms with Gasteiger partial charge in [-0.15, -0.1) is 11.6 Å². The topological polar surface area (TPSA) is 52.0 Å². The van der Waals surface area contributed by atoms with Crippen molar-refractivity contribution in [1.29, 1.82) is 0 Å². The summed E-state index contributed by atoms with van der Waals surface area (Å²) >= 11 is 5.79. The Bertz CT molecular complexity index is 602. The van der Waals surface area contributed by atoms with E-state index in [0.717, 1.165) is 0 Å². The Morgan fingerprint density at radius 2 is 2.00 bits per heavy atom. The molecule has 0 bridgehead atoms. The van der Waals surface area contributed by atoms with Gasteiger partial charge in [0.25, 0.3) is 5.91 Å². The number of para-hydroxylation sites is 2. The number of halogens is 1.